The highest BCUT2D eigenvalue weighted by atomic mass is 16.7. The van der Waals surface area contributed by atoms with Crippen LogP contribution in [0.4, 0.5) is 4.79 Å². The predicted octanol–water partition coefficient (Wildman–Crippen LogP) is 0.732. The van der Waals surface area contributed by atoms with Gasteiger partial charge in [-0.1, -0.05) is 0 Å². The molecule has 0 aliphatic heterocycles. The van der Waals surface area contributed by atoms with Crippen LogP contribution in [0, 0.1) is 0 Å². The van der Waals surface area contributed by atoms with Crippen molar-refractivity contribution in [3.05, 3.63) is 12.2 Å². The van der Waals surface area contributed by atoms with E-state index < -0.39 is 18.1 Å². The highest BCUT2D eigenvalue weighted by Crippen LogP contribution is 1.92. The number of ether oxygens (including phenoxy) is 3. The van der Waals surface area contributed by atoms with Gasteiger partial charge < -0.3 is 19.3 Å². The molecule has 0 heterocycles. The predicted molar refractivity (Wildman–Crippen MR) is 55.3 cm³/mol. The summed E-state index contributed by atoms with van der Waals surface area (Å²) < 4.78 is 13.7. The Morgan fingerprint density at radius 2 is 1.71 bits per heavy atom. The summed E-state index contributed by atoms with van der Waals surface area (Å²) in [6, 6.07) is 0. The van der Waals surface area contributed by atoms with Gasteiger partial charge in [-0.2, -0.15) is 0 Å². The molecule has 7 heteroatoms. The molecule has 0 radical (unpaired) electrons. The number of rotatable bonds is 6. The quantitative estimate of drug-likeness (QED) is 0.419. The van der Waals surface area contributed by atoms with Gasteiger partial charge in [-0.15, -0.1) is 0 Å². The fraction of sp³-hybridized carbons (Fsp3) is 0.500. The molecule has 0 amide bonds. The van der Waals surface area contributed by atoms with Crippen LogP contribution in [0.15, 0.2) is 12.2 Å². The zero-order valence-electron chi connectivity index (χ0n) is 9.54. The van der Waals surface area contributed by atoms with E-state index in [0.717, 1.165) is 6.08 Å². The summed E-state index contributed by atoms with van der Waals surface area (Å²) in [5, 5.41) is 8.21. The lowest BCUT2D eigenvalue weighted by Crippen LogP contribution is -2.16. The molecular weight excluding hydrogens is 232 g/mol. The number of carboxylic acids is 1. The first-order chi connectivity index (χ1) is 7.91. The largest absolute Gasteiger partial charge is 0.508 e. The molecule has 96 valence electrons. The van der Waals surface area contributed by atoms with E-state index in [9.17, 15) is 14.4 Å². The van der Waals surface area contributed by atoms with Crippen molar-refractivity contribution < 1.29 is 33.7 Å². The second-order valence-electron chi connectivity index (χ2n) is 3.10. The minimum atomic E-state index is -1.25. The topological polar surface area (TPSA) is 99.1 Å². The van der Waals surface area contributed by atoms with Gasteiger partial charge in [-0.25, -0.2) is 14.4 Å². The molecule has 0 aliphatic rings. The summed E-state index contributed by atoms with van der Waals surface area (Å²) in [4.78, 5) is 31.7. The molecule has 0 unspecified atom stereocenters. The molecule has 7 nitrogen and oxygen atoms in total. The van der Waals surface area contributed by atoms with Crippen LogP contribution in [0.1, 0.15) is 13.8 Å². The van der Waals surface area contributed by atoms with Crippen LogP contribution in [0.5, 0.6) is 0 Å². The van der Waals surface area contributed by atoms with Gasteiger partial charge in [0.25, 0.3) is 0 Å². The Hall–Kier alpha value is -2.05. The van der Waals surface area contributed by atoms with Gasteiger partial charge in [-0.05, 0) is 13.8 Å². The lowest BCUT2D eigenvalue weighted by Gasteiger charge is -2.08. The van der Waals surface area contributed by atoms with Gasteiger partial charge in [-0.3, -0.25) is 0 Å². The number of hydrogen-bond acceptors (Lipinski definition) is 6. The molecule has 0 atom stereocenters. The fourth-order valence-corrected chi connectivity index (χ4v) is 0.681. The maximum Gasteiger partial charge on any atom is 0.508 e. The molecule has 0 rings (SSSR count). The minimum Gasteiger partial charge on any atom is -0.478 e. The SMILES string of the molecule is CC(C)OC(=O)OCCOC(=O)/C=C/C(=O)O. The van der Waals surface area contributed by atoms with E-state index in [1.165, 1.54) is 0 Å². The van der Waals surface area contributed by atoms with E-state index in [-0.39, 0.29) is 19.3 Å². The molecule has 0 aromatic rings. The zero-order valence-corrected chi connectivity index (χ0v) is 9.54. The van der Waals surface area contributed by atoms with Crippen LogP contribution < -0.4 is 0 Å². The second-order valence-corrected chi connectivity index (χ2v) is 3.10. The molecule has 0 aromatic carbocycles. The standard InChI is InChI=1S/C10H14O7/c1-7(2)17-10(14)16-6-5-15-9(13)4-3-8(11)12/h3-4,7H,5-6H2,1-2H3,(H,11,12)/b4-3+. The Morgan fingerprint density at radius 1 is 1.12 bits per heavy atom. The van der Waals surface area contributed by atoms with Crippen LogP contribution in [0.2, 0.25) is 0 Å². The van der Waals surface area contributed by atoms with Crippen molar-refractivity contribution >= 4 is 18.1 Å². The summed E-state index contributed by atoms with van der Waals surface area (Å²) in [5.41, 5.74) is 0. The first kappa shape index (κ1) is 14.9. The molecule has 0 bridgehead atoms. The molecular formula is C10H14O7. The summed E-state index contributed by atoms with van der Waals surface area (Å²) in [7, 11) is 0. The molecule has 17 heavy (non-hydrogen) atoms. The summed E-state index contributed by atoms with van der Waals surface area (Å²) in [6.45, 7) is 3.00. The minimum absolute atomic E-state index is 0.155. The summed E-state index contributed by atoms with van der Waals surface area (Å²) in [6.07, 6.45) is 0.269. The van der Waals surface area contributed by atoms with E-state index in [2.05, 4.69) is 14.2 Å². The van der Waals surface area contributed by atoms with Gasteiger partial charge in [0.05, 0.1) is 6.10 Å². The van der Waals surface area contributed by atoms with E-state index >= 15 is 0 Å². The highest BCUT2D eigenvalue weighted by molar-refractivity contribution is 5.90. The third-order valence-electron chi connectivity index (χ3n) is 1.24. The van der Waals surface area contributed by atoms with Gasteiger partial charge in [0, 0.05) is 12.2 Å². The second kappa shape index (κ2) is 8.14. The van der Waals surface area contributed by atoms with Gasteiger partial charge in [0.15, 0.2) is 0 Å². The highest BCUT2D eigenvalue weighted by Gasteiger charge is 2.06. The van der Waals surface area contributed by atoms with Crippen LogP contribution >= 0.6 is 0 Å². The molecule has 1 N–H and O–H groups in total. The number of aliphatic carboxylic acids is 1. The summed E-state index contributed by atoms with van der Waals surface area (Å²) >= 11 is 0. The van der Waals surface area contributed by atoms with E-state index in [1.54, 1.807) is 13.8 Å². The molecule has 0 spiro atoms. The van der Waals surface area contributed by atoms with Crippen LogP contribution in [-0.2, 0) is 23.8 Å². The van der Waals surface area contributed by atoms with Crippen molar-refractivity contribution in [1.82, 2.24) is 0 Å². The third-order valence-corrected chi connectivity index (χ3v) is 1.24. The summed E-state index contributed by atoms with van der Waals surface area (Å²) in [5.74, 6) is -2.08. The monoisotopic (exact) mass is 246 g/mol. The zero-order chi connectivity index (χ0) is 13.3. The average Bonchev–Trinajstić information content (AvgIpc) is 2.20. The number of carbonyl (C=O) groups is 3. The molecule has 0 aromatic heterocycles. The lowest BCUT2D eigenvalue weighted by atomic mass is 10.5. The van der Waals surface area contributed by atoms with Crippen LogP contribution in [0.25, 0.3) is 0 Å². The Labute approximate surface area is 98.0 Å². The van der Waals surface area contributed by atoms with E-state index in [1.807, 2.05) is 0 Å². The lowest BCUT2D eigenvalue weighted by molar-refractivity contribution is -0.139. The maximum atomic E-state index is 10.8. The third kappa shape index (κ3) is 10.2. The molecule has 0 fully saturated rings. The van der Waals surface area contributed by atoms with E-state index in [0.29, 0.717) is 6.08 Å². The van der Waals surface area contributed by atoms with Crippen LogP contribution in [-0.4, -0.2) is 42.5 Å². The van der Waals surface area contributed by atoms with Gasteiger partial charge in [0.2, 0.25) is 0 Å². The van der Waals surface area contributed by atoms with Gasteiger partial charge >= 0.3 is 18.1 Å². The van der Waals surface area contributed by atoms with Crippen molar-refractivity contribution in [2.45, 2.75) is 20.0 Å². The first-order valence-electron chi connectivity index (χ1n) is 4.83. The van der Waals surface area contributed by atoms with Crippen LogP contribution in [0.3, 0.4) is 0 Å². The normalized spacial score (nSPS) is 10.3. The number of hydrogen-bond donors (Lipinski definition) is 1. The van der Waals surface area contributed by atoms with E-state index in [4.69, 9.17) is 5.11 Å². The Bertz CT molecular complexity index is 306. The average molecular weight is 246 g/mol. The Kier molecular flexibility index (Phi) is 7.16. The first-order valence-corrected chi connectivity index (χ1v) is 4.83. The smallest absolute Gasteiger partial charge is 0.478 e. The number of esters is 1. The van der Waals surface area contributed by atoms with Crippen molar-refractivity contribution in [2.75, 3.05) is 13.2 Å². The number of carbonyl (C=O) groups excluding carboxylic acids is 2. The van der Waals surface area contributed by atoms with Crippen molar-refractivity contribution in [3.8, 4) is 0 Å². The van der Waals surface area contributed by atoms with Crippen molar-refractivity contribution in [2.24, 2.45) is 0 Å². The molecule has 0 saturated carbocycles. The Morgan fingerprint density at radius 3 is 2.24 bits per heavy atom. The Balaban J connectivity index is 3.61. The molecule has 0 saturated heterocycles. The maximum absolute atomic E-state index is 10.8. The van der Waals surface area contributed by atoms with Gasteiger partial charge in [0.1, 0.15) is 13.2 Å². The van der Waals surface area contributed by atoms with Crippen molar-refractivity contribution in [3.63, 3.8) is 0 Å². The fourth-order valence-electron chi connectivity index (χ4n) is 0.681. The number of carboxylic acid groups (broad SMARTS) is 1. The van der Waals surface area contributed by atoms with Crippen molar-refractivity contribution in [1.29, 1.82) is 0 Å². The molecule has 0 aliphatic carbocycles.